The third kappa shape index (κ3) is 3.72. The molecule has 0 atom stereocenters. The van der Waals surface area contributed by atoms with Crippen LogP contribution in [-0.4, -0.2) is 23.4 Å². The van der Waals surface area contributed by atoms with Crippen molar-refractivity contribution in [2.75, 3.05) is 6.54 Å². The monoisotopic (exact) mass is 328 g/mol. The number of halogens is 2. The molecule has 0 aliphatic rings. The first-order valence-electron chi connectivity index (χ1n) is 5.60. The highest BCUT2D eigenvalue weighted by atomic mass is 79.9. The number of benzene rings is 1. The Morgan fingerprint density at radius 2 is 2.22 bits per heavy atom. The summed E-state index contributed by atoms with van der Waals surface area (Å²) in [6.07, 6.45) is 0.332. The van der Waals surface area contributed by atoms with E-state index in [0.717, 1.165) is 0 Å². The second-order valence-electron chi connectivity index (χ2n) is 4.13. The second kappa shape index (κ2) is 6.77. The van der Waals surface area contributed by atoms with Crippen LogP contribution in [-0.2, 0) is 0 Å². The molecule has 5 heteroatoms. The summed E-state index contributed by atoms with van der Waals surface area (Å²) >= 11 is 9.19. The van der Waals surface area contributed by atoms with Crippen LogP contribution in [0.25, 0.3) is 0 Å². The Morgan fingerprint density at radius 1 is 1.56 bits per heavy atom. The summed E-state index contributed by atoms with van der Waals surface area (Å²) in [5.74, 6) is -0.0855. The minimum atomic E-state index is -0.0855. The molecular weight excluding hydrogens is 316 g/mol. The van der Waals surface area contributed by atoms with Gasteiger partial charge in [0.05, 0.1) is 17.5 Å². The normalized spacial score (nSPS) is 10.2. The standard InChI is InChI=1S/C13H14BrClN2O/c1-9(2)17(7-3-6-16)13(18)10-4-5-12(15)11(14)8-10/h4-5,8-9H,3,7H2,1-2H3. The number of hydrogen-bond acceptors (Lipinski definition) is 2. The van der Waals surface area contributed by atoms with Crippen molar-refractivity contribution in [3.05, 3.63) is 33.3 Å². The van der Waals surface area contributed by atoms with Crippen LogP contribution in [0.1, 0.15) is 30.6 Å². The van der Waals surface area contributed by atoms with Gasteiger partial charge in [0, 0.05) is 22.6 Å². The second-order valence-corrected chi connectivity index (χ2v) is 5.39. The van der Waals surface area contributed by atoms with Gasteiger partial charge in [0.2, 0.25) is 0 Å². The molecule has 0 aliphatic heterocycles. The highest BCUT2D eigenvalue weighted by Crippen LogP contribution is 2.24. The Kier molecular flexibility index (Phi) is 5.64. The van der Waals surface area contributed by atoms with Gasteiger partial charge in [-0.25, -0.2) is 0 Å². The first-order chi connectivity index (χ1) is 8.47. The average Bonchev–Trinajstić information content (AvgIpc) is 2.32. The van der Waals surface area contributed by atoms with Crippen molar-refractivity contribution in [3.8, 4) is 6.07 Å². The molecule has 0 radical (unpaired) electrons. The van der Waals surface area contributed by atoms with Gasteiger partial charge in [0.15, 0.2) is 0 Å². The fourth-order valence-electron chi connectivity index (χ4n) is 1.56. The lowest BCUT2D eigenvalue weighted by Crippen LogP contribution is -2.37. The minimum Gasteiger partial charge on any atom is -0.335 e. The molecule has 0 heterocycles. The summed E-state index contributed by atoms with van der Waals surface area (Å²) in [6.45, 7) is 4.30. The summed E-state index contributed by atoms with van der Waals surface area (Å²) in [7, 11) is 0. The molecule has 1 rings (SSSR count). The van der Waals surface area contributed by atoms with Crippen LogP contribution < -0.4 is 0 Å². The molecule has 0 unspecified atom stereocenters. The number of carbonyl (C=O) groups excluding carboxylic acids is 1. The third-order valence-electron chi connectivity index (χ3n) is 2.52. The molecule has 0 saturated heterocycles. The van der Waals surface area contributed by atoms with Gasteiger partial charge >= 0.3 is 0 Å². The van der Waals surface area contributed by atoms with E-state index in [9.17, 15) is 4.79 Å². The zero-order chi connectivity index (χ0) is 13.7. The molecule has 96 valence electrons. The van der Waals surface area contributed by atoms with Gasteiger partial charge in [-0.3, -0.25) is 4.79 Å². The predicted octanol–water partition coefficient (Wildman–Crippen LogP) is 3.87. The maximum atomic E-state index is 12.3. The van der Waals surface area contributed by atoms with Gasteiger partial charge in [0.25, 0.3) is 5.91 Å². The molecule has 3 nitrogen and oxygen atoms in total. The molecule has 0 fully saturated rings. The van der Waals surface area contributed by atoms with Crippen LogP contribution in [0.4, 0.5) is 0 Å². The van der Waals surface area contributed by atoms with Crippen LogP contribution >= 0.6 is 27.5 Å². The Hall–Kier alpha value is -1.05. The first kappa shape index (κ1) is 15.0. The molecule has 1 aromatic carbocycles. The van der Waals surface area contributed by atoms with Crippen LogP contribution in [0.15, 0.2) is 22.7 Å². The van der Waals surface area contributed by atoms with Crippen molar-refractivity contribution in [1.29, 1.82) is 5.26 Å². The van der Waals surface area contributed by atoms with Gasteiger partial charge in [-0.15, -0.1) is 0 Å². The van der Waals surface area contributed by atoms with Gasteiger partial charge in [-0.1, -0.05) is 11.6 Å². The summed E-state index contributed by atoms with van der Waals surface area (Å²) in [5.41, 5.74) is 0.568. The maximum absolute atomic E-state index is 12.3. The molecule has 1 aromatic rings. The van der Waals surface area contributed by atoms with E-state index >= 15 is 0 Å². The summed E-state index contributed by atoms with van der Waals surface area (Å²) in [4.78, 5) is 14.0. The SMILES string of the molecule is CC(C)N(CCC#N)C(=O)c1ccc(Cl)c(Br)c1. The van der Waals surface area contributed by atoms with Gasteiger partial charge in [-0.05, 0) is 48.0 Å². The van der Waals surface area contributed by atoms with E-state index in [-0.39, 0.29) is 11.9 Å². The maximum Gasteiger partial charge on any atom is 0.254 e. The Bertz CT molecular complexity index is 482. The van der Waals surface area contributed by atoms with E-state index in [4.69, 9.17) is 16.9 Å². The van der Waals surface area contributed by atoms with Crippen molar-refractivity contribution in [2.24, 2.45) is 0 Å². The summed E-state index contributed by atoms with van der Waals surface area (Å²) < 4.78 is 0.694. The molecule has 0 aliphatic carbocycles. The number of nitriles is 1. The first-order valence-corrected chi connectivity index (χ1v) is 6.77. The van der Waals surface area contributed by atoms with E-state index < -0.39 is 0 Å². The Labute approximate surface area is 120 Å². The fraction of sp³-hybridized carbons (Fsp3) is 0.385. The van der Waals surface area contributed by atoms with Crippen LogP contribution in [0.2, 0.25) is 5.02 Å². The summed E-state index contributed by atoms with van der Waals surface area (Å²) in [5, 5.41) is 9.19. The van der Waals surface area contributed by atoms with Crippen LogP contribution in [0.5, 0.6) is 0 Å². The van der Waals surface area contributed by atoms with Gasteiger partial charge < -0.3 is 4.90 Å². The number of carbonyl (C=O) groups is 1. The fourth-order valence-corrected chi connectivity index (χ4v) is 2.06. The predicted molar refractivity (Wildman–Crippen MR) is 75.6 cm³/mol. The van der Waals surface area contributed by atoms with E-state index in [2.05, 4.69) is 22.0 Å². The van der Waals surface area contributed by atoms with Crippen molar-refractivity contribution in [3.63, 3.8) is 0 Å². The zero-order valence-electron chi connectivity index (χ0n) is 10.3. The number of hydrogen-bond donors (Lipinski definition) is 0. The zero-order valence-corrected chi connectivity index (χ0v) is 12.6. The van der Waals surface area contributed by atoms with Crippen molar-refractivity contribution < 1.29 is 4.79 Å². The Morgan fingerprint density at radius 3 is 2.72 bits per heavy atom. The van der Waals surface area contributed by atoms with Crippen molar-refractivity contribution in [2.45, 2.75) is 26.3 Å². The van der Waals surface area contributed by atoms with E-state index in [1.165, 1.54) is 0 Å². The molecule has 0 bridgehead atoms. The van der Waals surface area contributed by atoms with Crippen molar-refractivity contribution >= 4 is 33.4 Å². The van der Waals surface area contributed by atoms with Gasteiger partial charge in [-0.2, -0.15) is 5.26 Å². The Balaban J connectivity index is 2.95. The van der Waals surface area contributed by atoms with E-state index in [1.807, 2.05) is 13.8 Å². The topological polar surface area (TPSA) is 44.1 Å². The highest BCUT2D eigenvalue weighted by molar-refractivity contribution is 9.10. The van der Waals surface area contributed by atoms with Crippen LogP contribution in [0.3, 0.4) is 0 Å². The van der Waals surface area contributed by atoms with E-state index in [1.54, 1.807) is 23.1 Å². The molecule has 0 saturated carbocycles. The summed E-state index contributed by atoms with van der Waals surface area (Å²) in [6, 6.07) is 7.19. The molecular formula is C13H14BrClN2O. The third-order valence-corrected chi connectivity index (χ3v) is 3.73. The average molecular weight is 330 g/mol. The smallest absolute Gasteiger partial charge is 0.254 e. The molecule has 0 N–H and O–H groups in total. The molecule has 1 amide bonds. The molecule has 0 spiro atoms. The van der Waals surface area contributed by atoms with Crippen LogP contribution in [0, 0.1) is 11.3 Å². The highest BCUT2D eigenvalue weighted by Gasteiger charge is 2.18. The number of rotatable bonds is 4. The lowest BCUT2D eigenvalue weighted by atomic mass is 10.1. The lowest BCUT2D eigenvalue weighted by molar-refractivity contribution is 0.0710. The molecule has 0 aromatic heterocycles. The number of amides is 1. The number of nitrogens with zero attached hydrogens (tertiary/aromatic N) is 2. The quantitative estimate of drug-likeness (QED) is 0.841. The minimum absolute atomic E-state index is 0.0558. The van der Waals surface area contributed by atoms with Crippen molar-refractivity contribution in [1.82, 2.24) is 4.90 Å². The van der Waals surface area contributed by atoms with Gasteiger partial charge in [0.1, 0.15) is 0 Å². The molecule has 18 heavy (non-hydrogen) atoms. The lowest BCUT2D eigenvalue weighted by Gasteiger charge is -2.26. The van der Waals surface area contributed by atoms with E-state index in [0.29, 0.717) is 28.0 Å². The largest absolute Gasteiger partial charge is 0.335 e.